The number of carbonyl (C=O) groups is 2. The topological polar surface area (TPSA) is 225 Å². The number of carboxylic acids is 1. The number of amides is 1. The van der Waals surface area contributed by atoms with Gasteiger partial charge < -0.3 is 32.2 Å². The molecule has 0 aliphatic carbocycles. The molecule has 0 fully saturated rings. The summed E-state index contributed by atoms with van der Waals surface area (Å²) in [6.45, 7) is 0.300. The van der Waals surface area contributed by atoms with E-state index in [4.69, 9.17) is 32.2 Å². The zero-order chi connectivity index (χ0) is 19.7. The Morgan fingerprint density at radius 2 is 2.12 bits per heavy atom. The number of rotatable bonds is 8. The second-order valence-electron chi connectivity index (χ2n) is 5.05. The van der Waals surface area contributed by atoms with Crippen molar-refractivity contribution in [2.24, 2.45) is 11.5 Å². The first-order valence-electron chi connectivity index (χ1n) is 7.42. The predicted molar refractivity (Wildman–Crippen MR) is 89.6 cm³/mol. The lowest BCUT2D eigenvalue weighted by atomic mass is 10.2. The molecule has 13 heteroatoms. The highest BCUT2D eigenvalue weighted by molar-refractivity contribution is 5.77. The van der Waals surface area contributed by atoms with Crippen molar-refractivity contribution in [2.75, 3.05) is 18.9 Å². The second-order valence-corrected chi connectivity index (χ2v) is 5.05. The Balaban J connectivity index is 0.000000294. The van der Waals surface area contributed by atoms with Crippen LogP contribution in [-0.4, -0.2) is 60.9 Å². The molecular formula is C13H21N7O6. The van der Waals surface area contributed by atoms with Crippen LogP contribution in [0.5, 0.6) is 0 Å². The number of anilines is 1. The van der Waals surface area contributed by atoms with E-state index in [1.54, 1.807) is 0 Å². The van der Waals surface area contributed by atoms with E-state index in [0.29, 0.717) is 5.65 Å². The molecule has 2 heterocycles. The lowest BCUT2D eigenvalue weighted by Crippen LogP contribution is -2.31. The van der Waals surface area contributed by atoms with Gasteiger partial charge in [-0.15, -0.1) is 0 Å². The molecule has 0 radical (unpaired) electrons. The number of aliphatic hydroxyl groups is 1. The minimum absolute atomic E-state index is 0.0213. The van der Waals surface area contributed by atoms with Crippen molar-refractivity contribution in [3.63, 3.8) is 0 Å². The van der Waals surface area contributed by atoms with Crippen molar-refractivity contribution < 1.29 is 24.5 Å². The fourth-order valence-electron chi connectivity index (χ4n) is 1.71. The van der Waals surface area contributed by atoms with Crippen molar-refractivity contribution in [1.29, 1.82) is 0 Å². The summed E-state index contributed by atoms with van der Waals surface area (Å²) in [4.78, 5) is 41.7. The quantitative estimate of drug-likeness (QED) is 0.264. The summed E-state index contributed by atoms with van der Waals surface area (Å²) in [5.74, 6) is -1.61. The number of carbonyl (C=O) groups excluding carboxylic acids is 1. The van der Waals surface area contributed by atoms with Gasteiger partial charge in [-0.05, 0) is 6.42 Å². The van der Waals surface area contributed by atoms with Crippen molar-refractivity contribution in [3.8, 4) is 0 Å². The Kier molecular flexibility index (Phi) is 8.14. The predicted octanol–water partition coefficient (Wildman–Crippen LogP) is -2.67. The molecule has 0 saturated carbocycles. The number of aliphatic carboxylic acids is 1. The van der Waals surface area contributed by atoms with Crippen molar-refractivity contribution in [1.82, 2.24) is 19.5 Å². The van der Waals surface area contributed by atoms with Gasteiger partial charge in [-0.2, -0.15) is 4.98 Å². The largest absolute Gasteiger partial charge is 0.480 e. The van der Waals surface area contributed by atoms with E-state index in [2.05, 4.69) is 15.0 Å². The third kappa shape index (κ3) is 6.46. The average Bonchev–Trinajstić information content (AvgIpc) is 2.96. The number of fused-ring (bicyclic) bond motifs is 1. The summed E-state index contributed by atoms with van der Waals surface area (Å²) in [5.41, 5.74) is 15.4. The van der Waals surface area contributed by atoms with Crippen LogP contribution in [0.25, 0.3) is 11.2 Å². The minimum atomic E-state index is -1.11. The zero-order valence-electron chi connectivity index (χ0n) is 13.8. The number of ether oxygens (including phenoxy) is 1. The number of aromatic nitrogens is 4. The normalized spacial score (nSPS) is 11.6. The molecule has 144 valence electrons. The highest BCUT2D eigenvalue weighted by atomic mass is 16.5. The number of aromatic amines is 1. The molecule has 9 N–H and O–H groups in total. The zero-order valence-corrected chi connectivity index (χ0v) is 13.8. The van der Waals surface area contributed by atoms with Gasteiger partial charge in [0.05, 0.1) is 19.5 Å². The summed E-state index contributed by atoms with van der Waals surface area (Å²) in [5, 5.41) is 16.8. The molecule has 1 amide bonds. The molecule has 26 heavy (non-hydrogen) atoms. The Morgan fingerprint density at radius 1 is 1.42 bits per heavy atom. The number of nitrogen functional groups attached to an aromatic ring is 1. The molecule has 2 rings (SSSR count). The van der Waals surface area contributed by atoms with Gasteiger partial charge in [-0.25, -0.2) is 4.98 Å². The van der Waals surface area contributed by atoms with Crippen LogP contribution in [-0.2, 0) is 21.1 Å². The van der Waals surface area contributed by atoms with Crippen LogP contribution in [0.1, 0.15) is 12.8 Å². The number of imidazole rings is 1. The monoisotopic (exact) mass is 371 g/mol. The average molecular weight is 371 g/mol. The molecule has 0 aromatic carbocycles. The first kappa shape index (κ1) is 21.0. The summed E-state index contributed by atoms with van der Waals surface area (Å²) >= 11 is 0. The number of aliphatic hydroxyl groups excluding tert-OH is 1. The smallest absolute Gasteiger partial charge is 0.320 e. The fourth-order valence-corrected chi connectivity index (χ4v) is 1.71. The number of carboxylic acid groups (broad SMARTS) is 1. The first-order chi connectivity index (χ1) is 12.3. The first-order valence-corrected chi connectivity index (χ1v) is 7.42. The van der Waals surface area contributed by atoms with Gasteiger partial charge in [0, 0.05) is 6.42 Å². The Morgan fingerprint density at radius 3 is 2.69 bits per heavy atom. The molecule has 2 aromatic rings. The fraction of sp³-hybridized carbons (Fsp3) is 0.462. The lowest BCUT2D eigenvalue weighted by molar-refractivity contribution is -0.138. The van der Waals surface area contributed by atoms with Crippen LogP contribution in [0.3, 0.4) is 0 Å². The standard InChI is InChI=1S/C8H11N5O3.C5H10N2O3/c9-8-11-6-5(7(15)12-8)10-3-13(6)4-16-2-1-14;6-3(5(9)10)1-2-4(7)8/h3,14H,1-2,4H2,(H3,9,11,12,15);3H,1-2,6H2,(H2,7,8)(H,9,10)/t;3-/m.0/s1. The molecule has 0 aliphatic rings. The van der Waals surface area contributed by atoms with Crippen molar-refractivity contribution in [3.05, 3.63) is 16.7 Å². The maximum atomic E-state index is 11.4. The summed E-state index contributed by atoms with van der Waals surface area (Å²) in [7, 11) is 0. The maximum Gasteiger partial charge on any atom is 0.320 e. The van der Waals surface area contributed by atoms with Gasteiger partial charge in [-0.1, -0.05) is 0 Å². The number of H-pyrrole nitrogens is 1. The van der Waals surface area contributed by atoms with Crippen LogP contribution in [0.4, 0.5) is 5.95 Å². The van der Waals surface area contributed by atoms with Gasteiger partial charge in [0.25, 0.3) is 5.56 Å². The Bertz CT molecular complexity index is 802. The van der Waals surface area contributed by atoms with Crippen LogP contribution >= 0.6 is 0 Å². The molecule has 2 aromatic heterocycles. The molecule has 0 spiro atoms. The van der Waals surface area contributed by atoms with Gasteiger partial charge in [0.1, 0.15) is 12.8 Å². The highest BCUT2D eigenvalue weighted by Gasteiger charge is 2.11. The summed E-state index contributed by atoms with van der Waals surface area (Å²) < 4.78 is 6.63. The highest BCUT2D eigenvalue weighted by Crippen LogP contribution is 2.06. The van der Waals surface area contributed by atoms with Crippen LogP contribution in [0.15, 0.2) is 11.1 Å². The van der Waals surface area contributed by atoms with Crippen LogP contribution < -0.4 is 22.8 Å². The SMILES string of the molecule is NC(=O)CC[C@H](N)C(=O)O.Nc1nc2c(ncn2COCCO)c(=O)[nH]1. The van der Waals surface area contributed by atoms with Gasteiger partial charge >= 0.3 is 5.97 Å². The van der Waals surface area contributed by atoms with E-state index in [1.165, 1.54) is 10.9 Å². The van der Waals surface area contributed by atoms with Gasteiger partial charge in [0.2, 0.25) is 11.9 Å². The second kappa shape index (κ2) is 10.1. The molecule has 0 unspecified atom stereocenters. The molecule has 13 nitrogen and oxygen atoms in total. The van der Waals surface area contributed by atoms with Crippen LogP contribution in [0.2, 0.25) is 0 Å². The third-order valence-corrected chi connectivity index (χ3v) is 2.98. The third-order valence-electron chi connectivity index (χ3n) is 2.98. The number of hydrogen-bond acceptors (Lipinski definition) is 9. The van der Waals surface area contributed by atoms with E-state index < -0.39 is 17.9 Å². The number of primary amides is 1. The van der Waals surface area contributed by atoms with Gasteiger partial charge in [-0.3, -0.25) is 23.9 Å². The Labute approximate surface area is 146 Å². The lowest BCUT2D eigenvalue weighted by Gasteiger charge is -2.03. The number of hydrogen-bond donors (Lipinski definition) is 6. The van der Waals surface area contributed by atoms with Gasteiger partial charge in [0.15, 0.2) is 11.2 Å². The van der Waals surface area contributed by atoms with E-state index >= 15 is 0 Å². The van der Waals surface area contributed by atoms with E-state index in [9.17, 15) is 14.4 Å². The van der Waals surface area contributed by atoms with E-state index in [-0.39, 0.29) is 49.8 Å². The number of nitrogens with two attached hydrogens (primary N) is 3. The molecule has 1 atom stereocenters. The van der Waals surface area contributed by atoms with Crippen molar-refractivity contribution >= 4 is 29.0 Å². The Hall–Kier alpha value is -3.03. The maximum absolute atomic E-state index is 11.4. The summed E-state index contributed by atoms with van der Waals surface area (Å²) in [6.07, 6.45) is 1.56. The van der Waals surface area contributed by atoms with Crippen molar-refractivity contribution in [2.45, 2.75) is 25.6 Å². The number of nitrogens with one attached hydrogen (secondary N) is 1. The number of nitrogens with zero attached hydrogens (tertiary/aromatic N) is 3. The summed E-state index contributed by atoms with van der Waals surface area (Å²) in [6, 6.07) is -0.979. The van der Waals surface area contributed by atoms with Crippen LogP contribution in [0, 0.1) is 0 Å². The molecule has 0 aliphatic heterocycles. The molecular weight excluding hydrogens is 350 g/mol. The van der Waals surface area contributed by atoms with E-state index in [0.717, 1.165) is 0 Å². The molecule has 0 bridgehead atoms. The molecule has 0 saturated heterocycles. The minimum Gasteiger partial charge on any atom is -0.480 e. The van der Waals surface area contributed by atoms with E-state index in [1.807, 2.05) is 0 Å².